The normalized spacial score (nSPS) is 18.7. The summed E-state index contributed by atoms with van der Waals surface area (Å²) >= 11 is 1.70. The molecule has 0 saturated carbocycles. The van der Waals surface area contributed by atoms with E-state index in [4.69, 9.17) is 10.7 Å². The van der Waals surface area contributed by atoms with Gasteiger partial charge in [0.1, 0.15) is 0 Å². The summed E-state index contributed by atoms with van der Waals surface area (Å²) in [5.74, 6) is 1.17. The van der Waals surface area contributed by atoms with Crippen LogP contribution in [0.1, 0.15) is 38.3 Å². The summed E-state index contributed by atoms with van der Waals surface area (Å²) in [6.07, 6.45) is 8.27. The average Bonchev–Trinajstić information content (AvgIpc) is 2.83. The number of hydrogen-bond donors (Lipinski definition) is 1. The van der Waals surface area contributed by atoms with Crippen molar-refractivity contribution in [3.8, 4) is 0 Å². The third kappa shape index (κ3) is 2.62. The summed E-state index contributed by atoms with van der Waals surface area (Å²) in [5.41, 5.74) is 7.30. The summed E-state index contributed by atoms with van der Waals surface area (Å²) in [6, 6.07) is 0.172. The first-order valence-electron chi connectivity index (χ1n) is 7.20. The number of rotatable bonds is 3. The van der Waals surface area contributed by atoms with Crippen molar-refractivity contribution >= 4 is 22.1 Å². The first-order chi connectivity index (χ1) is 9.25. The molecule has 0 amide bonds. The second-order valence-corrected chi connectivity index (χ2v) is 6.39. The first kappa shape index (κ1) is 12.9. The molecule has 1 fully saturated rings. The molecule has 0 radical (unpaired) electrons. The Balaban J connectivity index is 1.98. The fraction of sp³-hybridized carbons (Fsp3) is 0.643. The molecular weight excluding hydrogens is 256 g/mol. The molecule has 104 valence electrons. The minimum absolute atomic E-state index is 0.172. The molecule has 4 nitrogen and oxygen atoms in total. The minimum Gasteiger partial charge on any atom is -0.355 e. The summed E-state index contributed by atoms with van der Waals surface area (Å²) in [4.78, 5) is 8.40. The van der Waals surface area contributed by atoms with E-state index in [2.05, 4.69) is 27.8 Å². The van der Waals surface area contributed by atoms with Gasteiger partial charge in [-0.3, -0.25) is 4.40 Å². The Bertz CT molecular complexity index is 535. The molecule has 1 aliphatic rings. The summed E-state index contributed by atoms with van der Waals surface area (Å²) in [6.45, 7) is 4.34. The van der Waals surface area contributed by atoms with Crippen molar-refractivity contribution in [3.05, 3.63) is 17.3 Å². The van der Waals surface area contributed by atoms with Crippen LogP contribution in [-0.4, -0.2) is 28.5 Å². The lowest BCUT2D eigenvalue weighted by Crippen LogP contribution is -2.27. The Labute approximate surface area is 118 Å². The molecule has 19 heavy (non-hydrogen) atoms. The van der Waals surface area contributed by atoms with Crippen LogP contribution in [0.4, 0.5) is 5.82 Å². The highest BCUT2D eigenvalue weighted by atomic mass is 32.1. The van der Waals surface area contributed by atoms with Gasteiger partial charge >= 0.3 is 0 Å². The number of fused-ring (bicyclic) bond motifs is 1. The van der Waals surface area contributed by atoms with Crippen molar-refractivity contribution < 1.29 is 0 Å². The van der Waals surface area contributed by atoms with Crippen LogP contribution in [0.3, 0.4) is 0 Å². The van der Waals surface area contributed by atoms with Crippen molar-refractivity contribution in [3.63, 3.8) is 0 Å². The van der Waals surface area contributed by atoms with E-state index in [1.807, 2.05) is 0 Å². The summed E-state index contributed by atoms with van der Waals surface area (Å²) in [7, 11) is 0. The van der Waals surface area contributed by atoms with E-state index in [0.717, 1.165) is 24.5 Å². The van der Waals surface area contributed by atoms with Crippen molar-refractivity contribution in [2.45, 2.75) is 45.1 Å². The van der Waals surface area contributed by atoms with Gasteiger partial charge in [-0.2, -0.15) is 0 Å². The van der Waals surface area contributed by atoms with Crippen LogP contribution in [0, 0.1) is 0 Å². The molecular formula is C14H22N4S. The highest BCUT2D eigenvalue weighted by molar-refractivity contribution is 7.15. The number of nitrogens with zero attached hydrogens (tertiary/aromatic N) is 3. The maximum absolute atomic E-state index is 6.02. The van der Waals surface area contributed by atoms with Crippen LogP contribution in [0.5, 0.6) is 0 Å². The molecule has 5 heteroatoms. The summed E-state index contributed by atoms with van der Waals surface area (Å²) in [5, 5.41) is 2.10. The quantitative estimate of drug-likeness (QED) is 0.939. The Morgan fingerprint density at radius 3 is 2.74 bits per heavy atom. The zero-order chi connectivity index (χ0) is 13.2. The van der Waals surface area contributed by atoms with Crippen molar-refractivity contribution in [2.24, 2.45) is 5.73 Å². The van der Waals surface area contributed by atoms with Crippen LogP contribution in [0.2, 0.25) is 0 Å². The van der Waals surface area contributed by atoms with Gasteiger partial charge in [0.25, 0.3) is 0 Å². The maximum atomic E-state index is 6.02. The van der Waals surface area contributed by atoms with E-state index in [1.54, 1.807) is 11.3 Å². The number of nitrogens with two attached hydrogens (primary N) is 1. The molecule has 1 atom stereocenters. The molecule has 0 bridgehead atoms. The van der Waals surface area contributed by atoms with E-state index in [-0.39, 0.29) is 6.04 Å². The van der Waals surface area contributed by atoms with Crippen LogP contribution in [-0.2, 0) is 6.42 Å². The molecule has 1 saturated heterocycles. The number of anilines is 1. The first-order valence-corrected chi connectivity index (χ1v) is 8.08. The van der Waals surface area contributed by atoms with Crippen LogP contribution >= 0.6 is 11.3 Å². The molecule has 1 aliphatic heterocycles. The molecule has 3 rings (SSSR count). The third-order valence-corrected chi connectivity index (χ3v) is 4.52. The van der Waals surface area contributed by atoms with E-state index >= 15 is 0 Å². The minimum atomic E-state index is 0.172. The number of hydrogen-bond acceptors (Lipinski definition) is 4. The monoisotopic (exact) mass is 278 g/mol. The molecule has 3 heterocycles. The van der Waals surface area contributed by atoms with Gasteiger partial charge in [-0.05, 0) is 19.8 Å². The Morgan fingerprint density at radius 2 is 2.05 bits per heavy atom. The molecule has 1 unspecified atom stereocenters. The van der Waals surface area contributed by atoms with Crippen molar-refractivity contribution in [1.82, 2.24) is 9.38 Å². The molecule has 0 aromatic carbocycles. The fourth-order valence-corrected chi connectivity index (χ4v) is 3.58. The zero-order valence-corrected chi connectivity index (χ0v) is 12.3. The lowest BCUT2D eigenvalue weighted by atomic mass is 10.2. The Morgan fingerprint density at radius 1 is 1.32 bits per heavy atom. The van der Waals surface area contributed by atoms with Gasteiger partial charge in [0.05, 0.1) is 5.69 Å². The molecule has 2 aromatic heterocycles. The highest BCUT2D eigenvalue weighted by Gasteiger charge is 2.20. The smallest absolute Gasteiger partial charge is 0.195 e. The van der Waals surface area contributed by atoms with Gasteiger partial charge < -0.3 is 10.6 Å². The van der Waals surface area contributed by atoms with Crippen molar-refractivity contribution in [2.75, 3.05) is 18.0 Å². The van der Waals surface area contributed by atoms with E-state index in [9.17, 15) is 0 Å². The van der Waals surface area contributed by atoms with Gasteiger partial charge in [-0.25, -0.2) is 4.98 Å². The lowest BCUT2D eigenvalue weighted by Gasteiger charge is -2.22. The fourth-order valence-electron chi connectivity index (χ4n) is 2.85. The van der Waals surface area contributed by atoms with E-state index in [1.165, 1.54) is 37.2 Å². The molecule has 0 spiro atoms. The predicted molar refractivity (Wildman–Crippen MR) is 81.1 cm³/mol. The van der Waals surface area contributed by atoms with E-state index < -0.39 is 0 Å². The Kier molecular flexibility index (Phi) is 3.75. The standard InChI is InChI=1S/C14H22N4S/c1-11(15)10-12-13(16-14-18(12)8-9-19-14)17-6-4-2-3-5-7-17/h8-9,11H,2-7,10,15H2,1H3. The average molecular weight is 278 g/mol. The number of thiazole rings is 1. The van der Waals surface area contributed by atoms with E-state index in [0.29, 0.717) is 0 Å². The van der Waals surface area contributed by atoms with Gasteiger partial charge in [-0.1, -0.05) is 12.8 Å². The largest absolute Gasteiger partial charge is 0.355 e. The lowest BCUT2D eigenvalue weighted by molar-refractivity contribution is 0.706. The number of imidazole rings is 1. The van der Waals surface area contributed by atoms with Gasteiger partial charge in [0.2, 0.25) is 0 Å². The maximum Gasteiger partial charge on any atom is 0.195 e. The topological polar surface area (TPSA) is 46.6 Å². The summed E-state index contributed by atoms with van der Waals surface area (Å²) < 4.78 is 2.22. The SMILES string of the molecule is CC(N)Cc1c(N2CCCCCC2)nc2sccn12. The van der Waals surface area contributed by atoms with Gasteiger partial charge in [-0.15, -0.1) is 11.3 Å². The van der Waals surface area contributed by atoms with Gasteiger partial charge in [0, 0.05) is 37.1 Å². The van der Waals surface area contributed by atoms with Crippen LogP contribution in [0.25, 0.3) is 4.96 Å². The second kappa shape index (κ2) is 5.51. The second-order valence-electron chi connectivity index (χ2n) is 5.52. The molecule has 0 aliphatic carbocycles. The Hall–Kier alpha value is -1.07. The number of aromatic nitrogens is 2. The van der Waals surface area contributed by atoms with Crippen LogP contribution in [0.15, 0.2) is 11.6 Å². The zero-order valence-electron chi connectivity index (χ0n) is 11.5. The van der Waals surface area contributed by atoms with Gasteiger partial charge in [0.15, 0.2) is 10.8 Å². The molecule has 2 aromatic rings. The third-order valence-electron chi connectivity index (χ3n) is 3.76. The molecule has 2 N–H and O–H groups in total. The van der Waals surface area contributed by atoms with Crippen molar-refractivity contribution in [1.29, 1.82) is 0 Å². The predicted octanol–water partition coefficient (Wildman–Crippen LogP) is 2.67. The van der Waals surface area contributed by atoms with Crippen LogP contribution < -0.4 is 10.6 Å². The highest BCUT2D eigenvalue weighted by Crippen LogP contribution is 2.27.